The molecular weight excluding hydrogens is 652 g/mol. The second-order valence-electron chi connectivity index (χ2n) is 13.3. The summed E-state index contributed by atoms with van der Waals surface area (Å²) in [5, 5.41) is 75.8. The summed E-state index contributed by atoms with van der Waals surface area (Å²) in [6, 6.07) is 14.7. The number of aryl methyl sites for hydroxylation is 1. The summed E-state index contributed by atoms with van der Waals surface area (Å²) in [4.78, 5) is 28.3. The molecular formula is C41H38O10. The van der Waals surface area contributed by atoms with Gasteiger partial charge in [0.05, 0.1) is 11.1 Å². The molecule has 51 heavy (non-hydrogen) atoms. The molecule has 0 bridgehead atoms. The SMILES string of the molecule is CC(C)=CCCC1=CC(c2c(O)cc3oc(-c4ccc(C)cc4O)cc(=O)c3c2O)C(C(=O)c2ccc(O)cc2O)C(c2ccc(O)cc2O)C1. The van der Waals surface area contributed by atoms with Gasteiger partial charge in [0.2, 0.25) is 0 Å². The van der Waals surface area contributed by atoms with Gasteiger partial charge in [-0.15, -0.1) is 0 Å². The zero-order valence-corrected chi connectivity index (χ0v) is 28.2. The van der Waals surface area contributed by atoms with Gasteiger partial charge in [-0.05, 0) is 81.5 Å². The lowest BCUT2D eigenvalue weighted by atomic mass is 9.64. The largest absolute Gasteiger partial charge is 0.508 e. The maximum absolute atomic E-state index is 14.6. The Bertz CT molecular complexity index is 2310. The summed E-state index contributed by atoms with van der Waals surface area (Å²) in [7, 11) is 0. The number of hydrogen-bond donors (Lipinski definition) is 7. The molecule has 10 nitrogen and oxygen atoms in total. The molecule has 0 saturated carbocycles. The Kier molecular flexibility index (Phi) is 9.27. The van der Waals surface area contributed by atoms with Crippen LogP contribution in [0.25, 0.3) is 22.3 Å². The maximum atomic E-state index is 14.6. The standard InChI is InChI=1S/C41H38O10/c1-20(2)5-4-6-22-14-28(25-11-8-23(42)16-31(25)45)37(40(49)27-12-9-24(43)17-32(27)46)29(15-22)38-33(47)19-36-39(41(38)50)34(48)18-35(51-36)26-10-7-21(3)13-30(26)44/h5,7-13,15-19,28-29,37,42-47,50H,4,6,14H2,1-3H3. The summed E-state index contributed by atoms with van der Waals surface area (Å²) < 4.78 is 5.96. The third kappa shape index (κ3) is 6.72. The van der Waals surface area contributed by atoms with Crippen LogP contribution in [0, 0.1) is 12.8 Å². The number of phenolic OH excluding ortho intramolecular Hbond substituents is 7. The van der Waals surface area contributed by atoms with E-state index < -0.39 is 46.2 Å². The van der Waals surface area contributed by atoms with E-state index in [0.717, 1.165) is 34.9 Å². The number of carbonyl (C=O) groups excluding carboxylic acids is 1. The van der Waals surface area contributed by atoms with E-state index in [-0.39, 0.29) is 62.8 Å². The molecule has 3 unspecified atom stereocenters. The number of carbonyl (C=O) groups is 1. The van der Waals surface area contributed by atoms with Crippen LogP contribution in [0.2, 0.25) is 0 Å². The highest BCUT2D eigenvalue weighted by Gasteiger charge is 2.44. The van der Waals surface area contributed by atoms with E-state index >= 15 is 0 Å². The summed E-state index contributed by atoms with van der Waals surface area (Å²) in [5.41, 5.74) is 2.15. The molecule has 262 valence electrons. The Balaban J connectivity index is 1.60. The average molecular weight is 691 g/mol. The van der Waals surface area contributed by atoms with E-state index in [4.69, 9.17) is 4.42 Å². The van der Waals surface area contributed by atoms with Crippen molar-refractivity contribution in [3.63, 3.8) is 0 Å². The molecule has 5 aromatic rings. The van der Waals surface area contributed by atoms with Crippen LogP contribution in [-0.2, 0) is 0 Å². The molecule has 6 rings (SSSR count). The van der Waals surface area contributed by atoms with Crippen molar-refractivity contribution in [3.8, 4) is 51.6 Å². The zero-order chi connectivity index (χ0) is 36.7. The van der Waals surface area contributed by atoms with E-state index in [9.17, 15) is 45.3 Å². The highest BCUT2D eigenvalue weighted by atomic mass is 16.3. The van der Waals surface area contributed by atoms with E-state index in [1.54, 1.807) is 25.1 Å². The van der Waals surface area contributed by atoms with Crippen molar-refractivity contribution in [2.45, 2.75) is 51.9 Å². The Morgan fingerprint density at radius 2 is 1.53 bits per heavy atom. The van der Waals surface area contributed by atoms with E-state index in [2.05, 4.69) is 0 Å². The third-order valence-corrected chi connectivity index (χ3v) is 9.46. The number of fused-ring (bicyclic) bond motifs is 1. The van der Waals surface area contributed by atoms with Gasteiger partial charge in [-0.25, -0.2) is 0 Å². The fourth-order valence-corrected chi connectivity index (χ4v) is 7.10. The highest BCUT2D eigenvalue weighted by Crippen LogP contribution is 2.54. The van der Waals surface area contributed by atoms with Crippen molar-refractivity contribution in [2.24, 2.45) is 5.92 Å². The number of ketones is 1. The first-order valence-corrected chi connectivity index (χ1v) is 16.5. The van der Waals surface area contributed by atoms with Crippen molar-refractivity contribution < 1.29 is 45.0 Å². The molecule has 0 saturated heterocycles. The molecule has 1 aliphatic rings. The summed E-state index contributed by atoms with van der Waals surface area (Å²) >= 11 is 0. The smallest absolute Gasteiger partial charge is 0.197 e. The van der Waals surface area contributed by atoms with Gasteiger partial charge in [0.25, 0.3) is 0 Å². The van der Waals surface area contributed by atoms with E-state index in [1.807, 2.05) is 19.9 Å². The number of rotatable bonds is 8. The molecule has 4 aromatic carbocycles. The lowest BCUT2D eigenvalue weighted by molar-refractivity contribution is 0.0876. The fourth-order valence-electron chi connectivity index (χ4n) is 7.10. The number of hydrogen-bond acceptors (Lipinski definition) is 10. The normalized spacial score (nSPS) is 17.2. The van der Waals surface area contributed by atoms with Crippen LogP contribution in [0.4, 0.5) is 0 Å². The average Bonchev–Trinajstić information content (AvgIpc) is 3.04. The number of allylic oxidation sites excluding steroid dienone is 4. The second-order valence-corrected chi connectivity index (χ2v) is 13.3. The quantitative estimate of drug-likeness (QED) is 0.0618. The van der Waals surface area contributed by atoms with Crippen molar-refractivity contribution >= 4 is 16.8 Å². The maximum Gasteiger partial charge on any atom is 0.197 e. The first-order valence-electron chi connectivity index (χ1n) is 16.5. The first-order chi connectivity index (χ1) is 24.2. The van der Waals surface area contributed by atoms with Crippen molar-refractivity contribution in [1.82, 2.24) is 0 Å². The topological polar surface area (TPSA) is 189 Å². The Morgan fingerprint density at radius 1 is 0.824 bits per heavy atom. The lowest BCUT2D eigenvalue weighted by Crippen LogP contribution is -2.32. The van der Waals surface area contributed by atoms with Crippen molar-refractivity contribution in [3.05, 3.63) is 123 Å². The van der Waals surface area contributed by atoms with Gasteiger partial charge in [-0.1, -0.05) is 35.4 Å². The van der Waals surface area contributed by atoms with Crippen LogP contribution in [0.1, 0.15) is 72.0 Å². The monoisotopic (exact) mass is 690 g/mol. The predicted octanol–water partition coefficient (Wildman–Crippen LogP) is 8.15. The van der Waals surface area contributed by atoms with Gasteiger partial charge in [0.15, 0.2) is 11.2 Å². The molecule has 1 heterocycles. The van der Waals surface area contributed by atoms with E-state index in [1.165, 1.54) is 36.4 Å². The molecule has 0 spiro atoms. The minimum Gasteiger partial charge on any atom is -0.508 e. The molecule has 0 amide bonds. The molecule has 1 aliphatic carbocycles. The minimum absolute atomic E-state index is 0.00870. The van der Waals surface area contributed by atoms with Crippen molar-refractivity contribution in [2.75, 3.05) is 0 Å². The summed E-state index contributed by atoms with van der Waals surface area (Å²) in [6.07, 6.45) is 5.26. The molecule has 0 aliphatic heterocycles. The Hall–Kier alpha value is -6.16. The highest BCUT2D eigenvalue weighted by molar-refractivity contribution is 6.02. The number of Topliss-reactive ketones (excluding diaryl/α,β-unsaturated/α-hetero) is 1. The lowest BCUT2D eigenvalue weighted by Gasteiger charge is -2.38. The van der Waals surface area contributed by atoms with Gasteiger partial charge in [0.1, 0.15) is 57.0 Å². The van der Waals surface area contributed by atoms with Gasteiger partial charge >= 0.3 is 0 Å². The van der Waals surface area contributed by atoms with Crippen LogP contribution in [0.3, 0.4) is 0 Å². The molecule has 3 atom stereocenters. The fraction of sp³-hybridized carbons (Fsp3) is 0.220. The number of aromatic hydroxyl groups is 7. The van der Waals surface area contributed by atoms with Crippen molar-refractivity contribution in [1.29, 1.82) is 0 Å². The van der Waals surface area contributed by atoms with Crippen LogP contribution in [0.15, 0.2) is 99.2 Å². The number of phenols is 7. The van der Waals surface area contributed by atoms with Crippen LogP contribution in [0.5, 0.6) is 40.2 Å². The third-order valence-electron chi connectivity index (χ3n) is 9.46. The predicted molar refractivity (Wildman–Crippen MR) is 192 cm³/mol. The molecule has 1 aromatic heterocycles. The Labute approximate surface area is 293 Å². The van der Waals surface area contributed by atoms with Crippen LogP contribution < -0.4 is 5.43 Å². The molecule has 7 N–H and O–H groups in total. The summed E-state index contributed by atoms with van der Waals surface area (Å²) in [5.74, 6) is -6.18. The first kappa shape index (κ1) is 34.7. The summed E-state index contributed by atoms with van der Waals surface area (Å²) in [6.45, 7) is 5.73. The van der Waals surface area contributed by atoms with Gasteiger partial charge < -0.3 is 40.2 Å². The molecule has 0 radical (unpaired) electrons. The van der Waals surface area contributed by atoms with Gasteiger partial charge in [0, 0.05) is 47.6 Å². The number of benzene rings is 4. The van der Waals surface area contributed by atoms with Gasteiger partial charge in [-0.2, -0.15) is 0 Å². The van der Waals surface area contributed by atoms with E-state index in [0.29, 0.717) is 18.4 Å². The second kappa shape index (κ2) is 13.6. The molecule has 10 heteroatoms. The van der Waals surface area contributed by atoms with Crippen LogP contribution in [-0.4, -0.2) is 41.5 Å². The Morgan fingerprint density at radius 3 is 2.20 bits per heavy atom. The molecule has 0 fully saturated rings. The van der Waals surface area contributed by atoms with Gasteiger partial charge in [-0.3, -0.25) is 9.59 Å². The van der Waals surface area contributed by atoms with Crippen LogP contribution >= 0.6 is 0 Å². The minimum atomic E-state index is -1.19. The zero-order valence-electron chi connectivity index (χ0n) is 28.2.